The highest BCUT2D eigenvalue weighted by atomic mass is 32.1. The third-order valence-corrected chi connectivity index (χ3v) is 9.64. The van der Waals surface area contributed by atoms with E-state index >= 15 is 0 Å². The molecule has 41 heavy (non-hydrogen) atoms. The standard InChI is InChI=1S/C31H39N7O2S/c1-23(39)26-6-17-41-27(26)19-36-14-7-31(8-15-36)9-16-37(22-31)18-24-2-4-25(5-3-24)30(40)38(20-28-32-10-11-33-28)21-29-34-12-13-35-29/h2-6,10-13,17,23,39H,7-9,14-16,18-22H2,1H3,(H,32,33)(H,34,35). The van der Waals surface area contributed by atoms with E-state index < -0.39 is 6.10 Å². The molecular formula is C31H39N7O2S. The van der Waals surface area contributed by atoms with Crippen molar-refractivity contribution in [1.29, 1.82) is 0 Å². The Hall–Kier alpha value is -3.31. The first-order valence-corrected chi connectivity index (χ1v) is 15.4. The number of H-pyrrole nitrogens is 2. The lowest BCUT2D eigenvalue weighted by Crippen LogP contribution is -2.41. The van der Waals surface area contributed by atoms with Gasteiger partial charge in [-0.1, -0.05) is 12.1 Å². The molecule has 216 valence electrons. The largest absolute Gasteiger partial charge is 0.389 e. The minimum absolute atomic E-state index is 0.0423. The van der Waals surface area contributed by atoms with Crippen LogP contribution in [-0.4, -0.2) is 71.8 Å². The van der Waals surface area contributed by atoms with Crippen LogP contribution in [0.2, 0.25) is 0 Å². The van der Waals surface area contributed by atoms with E-state index in [9.17, 15) is 9.90 Å². The minimum Gasteiger partial charge on any atom is -0.389 e. The highest BCUT2D eigenvalue weighted by Gasteiger charge is 2.40. The number of thiophene rings is 1. The van der Waals surface area contributed by atoms with Crippen LogP contribution in [0.4, 0.5) is 0 Å². The summed E-state index contributed by atoms with van der Waals surface area (Å²) in [5.74, 6) is 1.44. The monoisotopic (exact) mass is 573 g/mol. The van der Waals surface area contributed by atoms with Gasteiger partial charge in [0.25, 0.3) is 5.91 Å². The number of hydrogen-bond acceptors (Lipinski definition) is 7. The van der Waals surface area contributed by atoms with Gasteiger partial charge >= 0.3 is 0 Å². The van der Waals surface area contributed by atoms with E-state index in [4.69, 9.17) is 0 Å². The quantitative estimate of drug-likeness (QED) is 0.257. The lowest BCUT2D eigenvalue weighted by Gasteiger charge is -2.39. The number of carbonyl (C=O) groups excluding carboxylic acids is 1. The van der Waals surface area contributed by atoms with Crippen molar-refractivity contribution in [2.75, 3.05) is 26.2 Å². The van der Waals surface area contributed by atoms with Gasteiger partial charge < -0.3 is 20.0 Å². The summed E-state index contributed by atoms with van der Waals surface area (Å²) in [5, 5.41) is 12.2. The highest BCUT2D eigenvalue weighted by molar-refractivity contribution is 7.10. The van der Waals surface area contributed by atoms with Gasteiger partial charge in [0.05, 0.1) is 19.2 Å². The van der Waals surface area contributed by atoms with Crippen molar-refractivity contribution in [2.45, 2.75) is 58.5 Å². The van der Waals surface area contributed by atoms with Crippen molar-refractivity contribution in [2.24, 2.45) is 5.41 Å². The zero-order chi connectivity index (χ0) is 28.2. The van der Waals surface area contributed by atoms with Crippen molar-refractivity contribution in [3.8, 4) is 0 Å². The predicted molar refractivity (Wildman–Crippen MR) is 159 cm³/mol. The molecule has 3 aromatic heterocycles. The summed E-state index contributed by atoms with van der Waals surface area (Å²) in [5.41, 5.74) is 3.40. The van der Waals surface area contributed by atoms with Crippen LogP contribution in [0.3, 0.4) is 0 Å². The lowest BCUT2D eigenvalue weighted by molar-refractivity contribution is 0.0721. The van der Waals surface area contributed by atoms with Crippen molar-refractivity contribution >= 4 is 17.2 Å². The van der Waals surface area contributed by atoms with E-state index in [0.29, 0.717) is 24.1 Å². The molecule has 2 aliphatic heterocycles. The smallest absolute Gasteiger partial charge is 0.254 e. The molecule has 5 heterocycles. The molecule has 2 fully saturated rings. The lowest BCUT2D eigenvalue weighted by atomic mass is 9.78. The Labute approximate surface area is 245 Å². The van der Waals surface area contributed by atoms with Crippen LogP contribution in [0.25, 0.3) is 0 Å². The minimum atomic E-state index is -0.398. The van der Waals surface area contributed by atoms with Crippen LogP contribution in [0.5, 0.6) is 0 Å². The molecule has 0 bridgehead atoms. The average Bonchev–Trinajstić information content (AvgIpc) is 3.80. The van der Waals surface area contributed by atoms with E-state index in [2.05, 4.69) is 53.3 Å². The summed E-state index contributed by atoms with van der Waals surface area (Å²) >= 11 is 1.76. The fourth-order valence-corrected chi connectivity index (χ4v) is 7.34. The SMILES string of the molecule is CC(O)c1ccsc1CN1CCC2(CC1)CCN(Cc1ccc(C(=O)N(Cc3ncc[nH]3)Cc3ncc[nH]3)cc1)C2. The number of likely N-dealkylation sites (tertiary alicyclic amines) is 2. The van der Waals surface area contributed by atoms with Crippen LogP contribution in [0, 0.1) is 5.41 Å². The van der Waals surface area contributed by atoms with Crippen molar-refractivity contribution in [1.82, 2.24) is 34.6 Å². The fraction of sp³-hybridized carbons (Fsp3) is 0.452. The van der Waals surface area contributed by atoms with Crippen molar-refractivity contribution in [3.63, 3.8) is 0 Å². The first-order chi connectivity index (χ1) is 20.0. The first-order valence-electron chi connectivity index (χ1n) is 14.5. The number of aliphatic hydroxyl groups is 1. The van der Waals surface area contributed by atoms with Gasteiger partial charge in [-0.15, -0.1) is 11.3 Å². The Morgan fingerprint density at radius 3 is 2.20 bits per heavy atom. The van der Waals surface area contributed by atoms with Gasteiger partial charge in [-0.05, 0) is 85.9 Å². The number of hydrogen-bond donors (Lipinski definition) is 3. The maximum Gasteiger partial charge on any atom is 0.254 e. The third-order valence-electron chi connectivity index (χ3n) is 8.72. The van der Waals surface area contributed by atoms with Crippen LogP contribution in [0.15, 0.2) is 60.5 Å². The second kappa shape index (κ2) is 12.3. The van der Waals surface area contributed by atoms with Crippen LogP contribution < -0.4 is 0 Å². The molecule has 10 heteroatoms. The molecular weight excluding hydrogens is 534 g/mol. The molecule has 2 aliphatic rings. The van der Waals surface area contributed by atoms with Crippen LogP contribution in [0.1, 0.15) is 70.3 Å². The number of nitrogens with one attached hydrogen (secondary N) is 2. The molecule has 1 unspecified atom stereocenters. The van der Waals surface area contributed by atoms with Crippen molar-refractivity contribution < 1.29 is 9.90 Å². The molecule has 0 radical (unpaired) electrons. The number of carbonyl (C=O) groups is 1. The van der Waals surface area contributed by atoms with Gasteiger partial charge in [-0.3, -0.25) is 14.6 Å². The van der Waals surface area contributed by atoms with Gasteiger partial charge in [-0.2, -0.15) is 0 Å². The summed E-state index contributed by atoms with van der Waals surface area (Å²) in [4.78, 5) is 36.4. The Kier molecular flexibility index (Phi) is 8.34. The van der Waals surface area contributed by atoms with Crippen LogP contribution in [-0.2, 0) is 26.2 Å². The molecule has 1 atom stereocenters. The Balaban J connectivity index is 1.02. The first kappa shape index (κ1) is 27.8. The topological polar surface area (TPSA) is 104 Å². The number of benzene rings is 1. The zero-order valence-electron chi connectivity index (χ0n) is 23.6. The molecule has 9 nitrogen and oxygen atoms in total. The number of nitrogens with zero attached hydrogens (tertiary/aromatic N) is 5. The zero-order valence-corrected chi connectivity index (χ0v) is 24.4. The van der Waals surface area contributed by atoms with Gasteiger partial charge in [0.15, 0.2) is 0 Å². The number of piperidine rings is 1. The van der Waals surface area contributed by atoms with Gasteiger partial charge in [0.1, 0.15) is 11.6 Å². The summed E-state index contributed by atoms with van der Waals surface area (Å²) in [7, 11) is 0. The number of imidazole rings is 2. The van der Waals surface area contributed by atoms with E-state index in [1.165, 1.54) is 29.7 Å². The molecule has 1 aromatic carbocycles. The highest BCUT2D eigenvalue weighted by Crippen LogP contribution is 2.41. The number of aromatic nitrogens is 4. The summed E-state index contributed by atoms with van der Waals surface area (Å²) < 4.78 is 0. The Bertz CT molecular complexity index is 1350. The average molecular weight is 574 g/mol. The molecule has 1 spiro atoms. The summed E-state index contributed by atoms with van der Waals surface area (Å²) in [6.07, 6.45) is 10.3. The normalized spacial score (nSPS) is 18.2. The van der Waals surface area contributed by atoms with E-state index in [0.717, 1.165) is 56.5 Å². The predicted octanol–water partition coefficient (Wildman–Crippen LogP) is 4.58. The van der Waals surface area contributed by atoms with Crippen molar-refractivity contribution in [3.05, 3.63) is 93.7 Å². The van der Waals surface area contributed by atoms with E-state index in [-0.39, 0.29) is 5.91 Å². The van der Waals surface area contributed by atoms with Gasteiger partial charge in [0.2, 0.25) is 0 Å². The molecule has 0 saturated carbocycles. The maximum absolute atomic E-state index is 13.5. The van der Waals surface area contributed by atoms with Gasteiger partial charge in [0, 0.05) is 54.9 Å². The second-order valence-electron chi connectivity index (χ2n) is 11.6. The Morgan fingerprint density at radius 2 is 1.61 bits per heavy atom. The van der Waals surface area contributed by atoms with Crippen LogP contribution >= 0.6 is 11.3 Å². The summed E-state index contributed by atoms with van der Waals surface area (Å²) in [6.45, 7) is 8.99. The fourth-order valence-electron chi connectivity index (χ4n) is 6.33. The number of amides is 1. The van der Waals surface area contributed by atoms with E-state index in [1.54, 1.807) is 41.0 Å². The van der Waals surface area contributed by atoms with E-state index in [1.807, 2.05) is 19.1 Å². The molecule has 3 N–H and O–H groups in total. The number of aliphatic hydroxyl groups excluding tert-OH is 1. The molecule has 4 aromatic rings. The number of rotatable bonds is 10. The third kappa shape index (κ3) is 6.62. The molecule has 6 rings (SSSR count). The second-order valence-corrected chi connectivity index (χ2v) is 12.6. The Morgan fingerprint density at radius 1 is 0.976 bits per heavy atom. The summed E-state index contributed by atoms with van der Waals surface area (Å²) in [6, 6.07) is 10.2. The van der Waals surface area contributed by atoms with Gasteiger partial charge in [-0.25, -0.2) is 9.97 Å². The number of aromatic amines is 2. The molecule has 1 amide bonds. The maximum atomic E-state index is 13.5. The molecule has 0 aliphatic carbocycles. The molecule has 2 saturated heterocycles.